The maximum atomic E-state index is 10.7. The van der Waals surface area contributed by atoms with Gasteiger partial charge in [-0.2, -0.15) is 0 Å². The van der Waals surface area contributed by atoms with Gasteiger partial charge in [0.25, 0.3) is 0 Å². The Morgan fingerprint density at radius 1 is 1.50 bits per heavy atom. The van der Waals surface area contributed by atoms with E-state index in [1.54, 1.807) is 0 Å². The van der Waals surface area contributed by atoms with Crippen LogP contribution in [0.25, 0.3) is 0 Å². The number of hydrogen-bond donors (Lipinski definition) is 2. The average Bonchev–Trinajstić information content (AvgIpc) is 2.13. The Labute approximate surface area is 61.2 Å². The number of nitrogens with one attached hydrogen (secondary N) is 2. The minimum atomic E-state index is -0.0223. The van der Waals surface area contributed by atoms with E-state index in [-0.39, 0.29) is 6.03 Å². The Bertz CT molecular complexity index is 136. The first kappa shape index (κ1) is 7.38. The van der Waals surface area contributed by atoms with E-state index in [2.05, 4.69) is 17.6 Å². The molecule has 2 atom stereocenters. The van der Waals surface area contributed by atoms with E-state index in [0.717, 1.165) is 12.8 Å². The van der Waals surface area contributed by atoms with E-state index in [1.165, 1.54) is 0 Å². The quantitative estimate of drug-likeness (QED) is 0.589. The third-order valence-corrected chi connectivity index (χ3v) is 1.88. The van der Waals surface area contributed by atoms with E-state index in [1.807, 2.05) is 6.92 Å². The van der Waals surface area contributed by atoms with Crippen molar-refractivity contribution in [2.24, 2.45) is 0 Å². The largest absolute Gasteiger partial charge is 0.334 e. The number of amides is 2. The smallest absolute Gasteiger partial charge is 0.315 e. The van der Waals surface area contributed by atoms with E-state index in [9.17, 15) is 4.79 Å². The van der Waals surface area contributed by atoms with E-state index in [4.69, 9.17) is 0 Å². The fourth-order valence-electron chi connectivity index (χ4n) is 1.28. The molecule has 2 N–H and O–H groups in total. The summed E-state index contributed by atoms with van der Waals surface area (Å²) >= 11 is 0. The Balaban J connectivity index is 2.38. The van der Waals surface area contributed by atoms with Crippen LogP contribution in [0.1, 0.15) is 26.7 Å². The zero-order chi connectivity index (χ0) is 7.56. The van der Waals surface area contributed by atoms with E-state index < -0.39 is 0 Å². The molecule has 1 fully saturated rings. The maximum Gasteiger partial charge on any atom is 0.315 e. The highest BCUT2D eigenvalue weighted by molar-refractivity contribution is 5.77. The zero-order valence-electron chi connectivity index (χ0n) is 6.48. The predicted octanol–water partition coefficient (Wildman–Crippen LogP) is 0.856. The number of rotatable bonds is 2. The lowest BCUT2D eigenvalue weighted by molar-refractivity contribution is 0.247. The number of carbonyl (C=O) groups excluding carboxylic acids is 1. The first-order valence-corrected chi connectivity index (χ1v) is 3.81. The molecule has 0 aromatic rings. The van der Waals surface area contributed by atoms with Crippen molar-refractivity contribution < 1.29 is 4.79 Å². The van der Waals surface area contributed by atoms with Crippen molar-refractivity contribution in [2.75, 3.05) is 0 Å². The summed E-state index contributed by atoms with van der Waals surface area (Å²) in [5, 5.41) is 5.66. The van der Waals surface area contributed by atoms with Crippen molar-refractivity contribution >= 4 is 6.03 Å². The molecular formula is C7H14N2O. The van der Waals surface area contributed by atoms with Crippen molar-refractivity contribution in [3.8, 4) is 0 Å². The fourth-order valence-corrected chi connectivity index (χ4v) is 1.28. The van der Waals surface area contributed by atoms with Gasteiger partial charge in [-0.15, -0.1) is 0 Å². The number of carbonyl (C=O) groups is 1. The van der Waals surface area contributed by atoms with Crippen LogP contribution in [0.3, 0.4) is 0 Å². The summed E-state index contributed by atoms with van der Waals surface area (Å²) in [7, 11) is 0. The number of hydrogen-bond acceptors (Lipinski definition) is 1. The van der Waals surface area contributed by atoms with Crippen molar-refractivity contribution in [3.05, 3.63) is 0 Å². The highest BCUT2D eigenvalue weighted by Gasteiger charge is 2.26. The molecule has 0 saturated carbocycles. The third-order valence-electron chi connectivity index (χ3n) is 1.88. The molecule has 1 heterocycles. The van der Waals surface area contributed by atoms with Crippen LogP contribution in [0, 0.1) is 0 Å². The van der Waals surface area contributed by atoms with Gasteiger partial charge >= 0.3 is 6.03 Å². The Morgan fingerprint density at radius 2 is 2.20 bits per heavy atom. The molecule has 1 aliphatic heterocycles. The summed E-state index contributed by atoms with van der Waals surface area (Å²) in [5.41, 5.74) is 0. The average molecular weight is 142 g/mol. The first-order valence-electron chi connectivity index (χ1n) is 3.81. The molecule has 0 aromatic carbocycles. The molecule has 3 heteroatoms. The third kappa shape index (κ3) is 1.40. The van der Waals surface area contributed by atoms with Crippen LogP contribution >= 0.6 is 0 Å². The van der Waals surface area contributed by atoms with Crippen LogP contribution in [0.5, 0.6) is 0 Å². The molecule has 0 bridgehead atoms. The number of urea groups is 1. The van der Waals surface area contributed by atoms with Crippen molar-refractivity contribution in [3.63, 3.8) is 0 Å². The maximum absolute atomic E-state index is 10.7. The summed E-state index contributed by atoms with van der Waals surface area (Å²) < 4.78 is 0. The molecule has 58 valence electrons. The van der Waals surface area contributed by atoms with Crippen LogP contribution in [-0.4, -0.2) is 18.1 Å². The topological polar surface area (TPSA) is 41.1 Å². The molecule has 0 radical (unpaired) electrons. The monoisotopic (exact) mass is 142 g/mol. The fraction of sp³-hybridized carbons (Fsp3) is 0.857. The van der Waals surface area contributed by atoms with Gasteiger partial charge < -0.3 is 10.6 Å². The van der Waals surface area contributed by atoms with Crippen LogP contribution < -0.4 is 10.6 Å². The lowest BCUT2D eigenvalue weighted by Gasteiger charge is -2.11. The van der Waals surface area contributed by atoms with Crippen LogP contribution in [-0.2, 0) is 0 Å². The summed E-state index contributed by atoms with van der Waals surface area (Å²) in [5.74, 6) is 0. The molecule has 0 spiro atoms. The van der Waals surface area contributed by atoms with Crippen LogP contribution in [0.4, 0.5) is 4.79 Å². The summed E-state index contributed by atoms with van der Waals surface area (Å²) in [6.45, 7) is 4.15. The van der Waals surface area contributed by atoms with Gasteiger partial charge in [0.05, 0.1) is 6.04 Å². The van der Waals surface area contributed by atoms with Gasteiger partial charge in [0.1, 0.15) is 0 Å². The lowest BCUT2D eigenvalue weighted by atomic mass is 10.1. The Kier molecular flexibility index (Phi) is 2.14. The van der Waals surface area contributed by atoms with Crippen molar-refractivity contribution in [1.29, 1.82) is 0 Å². The molecule has 1 aliphatic rings. The van der Waals surface area contributed by atoms with E-state index >= 15 is 0 Å². The summed E-state index contributed by atoms with van der Waals surface area (Å²) in [4.78, 5) is 10.7. The van der Waals surface area contributed by atoms with Gasteiger partial charge in [0.2, 0.25) is 0 Å². The van der Waals surface area contributed by atoms with Gasteiger partial charge in [0, 0.05) is 6.04 Å². The van der Waals surface area contributed by atoms with Crippen LogP contribution in [0.2, 0.25) is 0 Å². The minimum Gasteiger partial charge on any atom is -0.334 e. The normalized spacial score (nSPS) is 31.6. The second-order valence-corrected chi connectivity index (χ2v) is 2.80. The van der Waals surface area contributed by atoms with Gasteiger partial charge in [-0.25, -0.2) is 4.79 Å². The highest BCUT2D eigenvalue weighted by atomic mass is 16.2. The molecule has 1 saturated heterocycles. The minimum absolute atomic E-state index is 0.0223. The predicted molar refractivity (Wildman–Crippen MR) is 39.8 cm³/mol. The first-order chi connectivity index (χ1) is 4.74. The molecule has 1 rings (SSSR count). The SMILES string of the molecule is CCCC1NC(=O)NC1C. The van der Waals surface area contributed by atoms with Gasteiger partial charge in [-0.1, -0.05) is 13.3 Å². The lowest BCUT2D eigenvalue weighted by Crippen LogP contribution is -2.30. The standard InChI is InChI=1S/C7H14N2O/c1-3-4-6-5(2)8-7(10)9-6/h5-6H,3-4H2,1-2H3,(H2,8,9,10). The summed E-state index contributed by atoms with van der Waals surface area (Å²) in [6.07, 6.45) is 2.19. The van der Waals surface area contributed by atoms with E-state index in [0.29, 0.717) is 12.1 Å². The molecule has 0 aromatic heterocycles. The second-order valence-electron chi connectivity index (χ2n) is 2.80. The van der Waals surface area contributed by atoms with Crippen molar-refractivity contribution in [2.45, 2.75) is 38.8 Å². The highest BCUT2D eigenvalue weighted by Crippen LogP contribution is 2.06. The molecule has 3 nitrogen and oxygen atoms in total. The van der Waals surface area contributed by atoms with Gasteiger partial charge in [-0.05, 0) is 13.3 Å². The molecule has 2 amide bonds. The van der Waals surface area contributed by atoms with Crippen LogP contribution in [0.15, 0.2) is 0 Å². The molecular weight excluding hydrogens is 128 g/mol. The Morgan fingerprint density at radius 3 is 2.60 bits per heavy atom. The zero-order valence-corrected chi connectivity index (χ0v) is 6.48. The molecule has 0 aliphatic carbocycles. The molecule has 10 heavy (non-hydrogen) atoms. The van der Waals surface area contributed by atoms with Gasteiger partial charge in [-0.3, -0.25) is 0 Å². The van der Waals surface area contributed by atoms with Crippen molar-refractivity contribution in [1.82, 2.24) is 10.6 Å². The summed E-state index contributed by atoms with van der Waals surface area (Å²) in [6, 6.07) is 0.621. The molecule has 2 unspecified atom stereocenters. The van der Waals surface area contributed by atoms with Gasteiger partial charge in [0.15, 0.2) is 0 Å². The Hall–Kier alpha value is -0.730. The second kappa shape index (κ2) is 2.90.